The number of phenolic OH excluding ortho intramolecular Hbond substituents is 1. The van der Waals surface area contributed by atoms with E-state index in [0.29, 0.717) is 5.69 Å². The number of nitrogens with two attached hydrogens (primary N) is 1. The highest BCUT2D eigenvalue weighted by Gasteiger charge is 2.06. The molecule has 1 heterocycles. The highest BCUT2D eigenvalue weighted by Crippen LogP contribution is 2.35. The smallest absolute Gasteiger partial charge is 0.135 e. The predicted molar refractivity (Wildman–Crippen MR) is 52.6 cm³/mol. The number of nitrogen functional groups attached to an aromatic ring is 1. The molecule has 1 aromatic carbocycles. The maximum absolute atomic E-state index is 9.50. The molecule has 0 aliphatic carbocycles. The van der Waals surface area contributed by atoms with Gasteiger partial charge >= 0.3 is 0 Å². The molecule has 3 N–H and O–H groups in total. The molecule has 12 heavy (non-hydrogen) atoms. The number of benzene rings is 1. The maximum Gasteiger partial charge on any atom is 0.135 e. The Kier molecular flexibility index (Phi) is 1.48. The van der Waals surface area contributed by atoms with E-state index in [1.165, 1.54) is 11.3 Å². The number of fused-ring (bicyclic) bond motifs is 1. The average molecular weight is 179 g/mol. The minimum atomic E-state index is 0.281. The number of rotatable bonds is 0. The van der Waals surface area contributed by atoms with Crippen molar-refractivity contribution in [2.24, 2.45) is 0 Å². The minimum Gasteiger partial charge on any atom is -0.506 e. The standard InChI is InChI=1S/C9H9NOS/c1-5-6-2-3-12-9(6)8(11)4-7(5)10/h2-4,11H,10H2,1H3. The predicted octanol–water partition coefficient (Wildman–Crippen LogP) is 2.50. The quantitative estimate of drug-likeness (QED) is 0.610. The fraction of sp³-hybridized carbons (Fsp3) is 0.111. The molecule has 0 saturated carbocycles. The lowest BCUT2D eigenvalue weighted by Crippen LogP contribution is -1.88. The largest absolute Gasteiger partial charge is 0.506 e. The van der Waals surface area contributed by atoms with Gasteiger partial charge in [-0.1, -0.05) is 0 Å². The maximum atomic E-state index is 9.50. The molecule has 2 nitrogen and oxygen atoms in total. The van der Waals surface area contributed by atoms with Crippen LogP contribution in [0.15, 0.2) is 17.5 Å². The molecule has 62 valence electrons. The summed E-state index contributed by atoms with van der Waals surface area (Å²) in [5.74, 6) is 0.281. The molecule has 0 spiro atoms. The van der Waals surface area contributed by atoms with Gasteiger partial charge in [0.15, 0.2) is 0 Å². The van der Waals surface area contributed by atoms with Crippen molar-refractivity contribution in [1.29, 1.82) is 0 Å². The molecule has 3 heteroatoms. The fourth-order valence-electron chi connectivity index (χ4n) is 1.28. The van der Waals surface area contributed by atoms with Gasteiger partial charge in [0.05, 0.1) is 4.70 Å². The number of aryl methyl sites for hydroxylation is 1. The summed E-state index contributed by atoms with van der Waals surface area (Å²) in [6, 6.07) is 3.58. The molecule has 0 atom stereocenters. The normalized spacial score (nSPS) is 10.8. The van der Waals surface area contributed by atoms with Crippen molar-refractivity contribution in [3.8, 4) is 5.75 Å². The van der Waals surface area contributed by atoms with Crippen LogP contribution in [-0.2, 0) is 0 Å². The van der Waals surface area contributed by atoms with Crippen LogP contribution in [-0.4, -0.2) is 5.11 Å². The van der Waals surface area contributed by atoms with Gasteiger partial charge in [0.25, 0.3) is 0 Å². The zero-order valence-electron chi connectivity index (χ0n) is 6.66. The third-order valence-corrected chi connectivity index (χ3v) is 2.96. The van der Waals surface area contributed by atoms with E-state index < -0.39 is 0 Å². The highest BCUT2D eigenvalue weighted by atomic mass is 32.1. The van der Waals surface area contributed by atoms with Crippen LogP contribution < -0.4 is 5.73 Å². The molecule has 2 aromatic rings. The highest BCUT2D eigenvalue weighted by molar-refractivity contribution is 7.17. The lowest BCUT2D eigenvalue weighted by molar-refractivity contribution is 0.483. The van der Waals surface area contributed by atoms with Crippen molar-refractivity contribution in [1.82, 2.24) is 0 Å². The van der Waals surface area contributed by atoms with Gasteiger partial charge in [-0.15, -0.1) is 11.3 Å². The Hall–Kier alpha value is -1.22. The Labute approximate surface area is 74.3 Å². The van der Waals surface area contributed by atoms with Gasteiger partial charge in [0, 0.05) is 17.1 Å². The number of thiophene rings is 1. The van der Waals surface area contributed by atoms with Gasteiger partial charge < -0.3 is 10.8 Å². The number of hydrogen-bond acceptors (Lipinski definition) is 3. The van der Waals surface area contributed by atoms with Gasteiger partial charge in [0.2, 0.25) is 0 Å². The van der Waals surface area contributed by atoms with Gasteiger partial charge in [-0.2, -0.15) is 0 Å². The molecule has 0 aliphatic rings. The zero-order valence-corrected chi connectivity index (χ0v) is 7.48. The van der Waals surface area contributed by atoms with E-state index >= 15 is 0 Å². The molecule has 0 saturated heterocycles. The first kappa shape index (κ1) is 7.43. The van der Waals surface area contributed by atoms with Gasteiger partial charge in [-0.25, -0.2) is 0 Å². The molecule has 2 rings (SSSR count). The second kappa shape index (κ2) is 2.38. The summed E-state index contributed by atoms with van der Waals surface area (Å²) in [7, 11) is 0. The molecule has 1 aromatic heterocycles. The third-order valence-electron chi connectivity index (χ3n) is 2.03. The summed E-state index contributed by atoms with van der Waals surface area (Å²) < 4.78 is 0.918. The lowest BCUT2D eigenvalue weighted by atomic mass is 10.1. The number of phenols is 1. The number of aromatic hydroxyl groups is 1. The van der Waals surface area contributed by atoms with Crippen molar-refractivity contribution in [3.05, 3.63) is 23.1 Å². The van der Waals surface area contributed by atoms with Crippen molar-refractivity contribution in [3.63, 3.8) is 0 Å². The van der Waals surface area contributed by atoms with E-state index in [4.69, 9.17) is 5.73 Å². The van der Waals surface area contributed by atoms with Crippen molar-refractivity contribution in [2.75, 3.05) is 5.73 Å². The Morgan fingerprint density at radius 2 is 2.25 bits per heavy atom. The monoisotopic (exact) mass is 179 g/mol. The first-order chi connectivity index (χ1) is 5.70. The third kappa shape index (κ3) is 0.865. The van der Waals surface area contributed by atoms with Gasteiger partial charge in [-0.05, 0) is 23.9 Å². The number of anilines is 1. The second-order valence-electron chi connectivity index (χ2n) is 2.77. The fourth-order valence-corrected chi connectivity index (χ4v) is 2.15. The average Bonchev–Trinajstić information content (AvgIpc) is 2.48. The van der Waals surface area contributed by atoms with Crippen LogP contribution in [0.2, 0.25) is 0 Å². The van der Waals surface area contributed by atoms with Crippen LogP contribution in [0.3, 0.4) is 0 Å². The van der Waals surface area contributed by atoms with E-state index in [2.05, 4.69) is 0 Å². The SMILES string of the molecule is Cc1c(N)cc(O)c2sccc12. The Bertz CT molecular complexity index is 433. The summed E-state index contributed by atoms with van der Waals surface area (Å²) in [4.78, 5) is 0. The van der Waals surface area contributed by atoms with Crippen molar-refractivity contribution in [2.45, 2.75) is 6.92 Å². The summed E-state index contributed by atoms with van der Waals surface area (Å²) in [6.45, 7) is 1.96. The zero-order chi connectivity index (χ0) is 8.72. The molecular weight excluding hydrogens is 170 g/mol. The van der Waals surface area contributed by atoms with E-state index in [0.717, 1.165) is 15.6 Å². The second-order valence-corrected chi connectivity index (χ2v) is 3.69. The van der Waals surface area contributed by atoms with Crippen molar-refractivity contribution < 1.29 is 5.11 Å². The van der Waals surface area contributed by atoms with Crippen LogP contribution in [0.5, 0.6) is 5.75 Å². The summed E-state index contributed by atoms with van der Waals surface area (Å²) in [5.41, 5.74) is 7.39. The molecule has 0 radical (unpaired) electrons. The topological polar surface area (TPSA) is 46.2 Å². The summed E-state index contributed by atoms with van der Waals surface area (Å²) >= 11 is 1.53. The van der Waals surface area contributed by atoms with Gasteiger partial charge in [0.1, 0.15) is 5.75 Å². The number of hydrogen-bond donors (Lipinski definition) is 2. The van der Waals surface area contributed by atoms with Crippen molar-refractivity contribution >= 4 is 27.1 Å². The summed E-state index contributed by atoms with van der Waals surface area (Å²) in [6.07, 6.45) is 0. The Balaban J connectivity index is 2.97. The molecule has 0 unspecified atom stereocenters. The van der Waals surface area contributed by atoms with E-state index in [-0.39, 0.29) is 5.75 Å². The Morgan fingerprint density at radius 3 is 3.00 bits per heavy atom. The molecule has 0 aliphatic heterocycles. The van der Waals surface area contributed by atoms with E-state index in [1.54, 1.807) is 6.07 Å². The van der Waals surface area contributed by atoms with Crippen LogP contribution >= 0.6 is 11.3 Å². The molecule has 0 amide bonds. The molecule has 0 fully saturated rings. The molecule has 0 bridgehead atoms. The van der Waals surface area contributed by atoms with E-state index in [9.17, 15) is 5.11 Å². The van der Waals surface area contributed by atoms with Crippen LogP contribution in [0.25, 0.3) is 10.1 Å². The molecular formula is C9H9NOS. The van der Waals surface area contributed by atoms with Crippen LogP contribution in [0, 0.1) is 6.92 Å². The van der Waals surface area contributed by atoms with Gasteiger partial charge in [-0.3, -0.25) is 0 Å². The van der Waals surface area contributed by atoms with E-state index in [1.807, 2.05) is 18.4 Å². The summed E-state index contributed by atoms with van der Waals surface area (Å²) in [5, 5.41) is 12.5. The van der Waals surface area contributed by atoms with Crippen LogP contribution in [0.1, 0.15) is 5.56 Å². The first-order valence-electron chi connectivity index (χ1n) is 3.65. The lowest BCUT2D eigenvalue weighted by Gasteiger charge is -2.02. The first-order valence-corrected chi connectivity index (χ1v) is 4.53. The Morgan fingerprint density at radius 1 is 1.50 bits per heavy atom. The minimum absolute atomic E-state index is 0.281. The van der Waals surface area contributed by atoms with Crippen LogP contribution in [0.4, 0.5) is 5.69 Å².